The first-order valence-corrected chi connectivity index (χ1v) is 10.7. The largest absolute Gasteiger partial charge is 0.454 e. The minimum atomic E-state index is -4.00. The lowest BCUT2D eigenvalue weighted by atomic mass is 10.1. The van der Waals surface area contributed by atoms with Crippen molar-refractivity contribution in [1.29, 1.82) is 0 Å². The molecule has 3 N–H and O–H groups in total. The van der Waals surface area contributed by atoms with Crippen LogP contribution in [0.1, 0.15) is 11.1 Å². The lowest BCUT2D eigenvalue weighted by Gasteiger charge is -2.19. The third-order valence-electron chi connectivity index (χ3n) is 4.21. The number of benzene rings is 3. The van der Waals surface area contributed by atoms with E-state index in [0.29, 0.717) is 24.5 Å². The molecule has 0 heterocycles. The quantitative estimate of drug-likeness (QED) is 0.589. The van der Waals surface area contributed by atoms with Crippen LogP contribution in [0.4, 0.5) is 5.69 Å². The van der Waals surface area contributed by atoms with Crippen LogP contribution in [0.2, 0.25) is 0 Å². The van der Waals surface area contributed by atoms with E-state index in [1.807, 2.05) is 73.6 Å². The molecule has 29 heavy (non-hydrogen) atoms. The number of nitrogens with two attached hydrogens (primary N) is 1. The Kier molecular flexibility index (Phi) is 6.53. The van der Waals surface area contributed by atoms with E-state index < -0.39 is 10.0 Å². The highest BCUT2D eigenvalue weighted by Gasteiger charge is 2.22. The summed E-state index contributed by atoms with van der Waals surface area (Å²) >= 11 is 0. The van der Waals surface area contributed by atoms with Gasteiger partial charge in [0.25, 0.3) is 0 Å². The number of primary sulfonamides is 1. The second kappa shape index (κ2) is 9.09. The number of rotatable bonds is 8. The average molecular weight is 412 g/mol. The van der Waals surface area contributed by atoms with E-state index >= 15 is 0 Å². The first-order valence-electron chi connectivity index (χ1n) is 9.18. The predicted molar refractivity (Wildman–Crippen MR) is 115 cm³/mol. The maximum Gasteiger partial charge on any atom is 0.241 e. The lowest BCUT2D eigenvalue weighted by Crippen LogP contribution is -2.17. The fourth-order valence-electron chi connectivity index (χ4n) is 2.96. The molecule has 0 saturated carbocycles. The molecule has 3 aromatic rings. The molecule has 0 spiro atoms. The molecule has 7 heteroatoms. The zero-order valence-electron chi connectivity index (χ0n) is 16.5. The molecule has 3 aromatic carbocycles. The maximum atomic E-state index is 12.4. The highest BCUT2D eigenvalue weighted by molar-refractivity contribution is 7.89. The van der Waals surface area contributed by atoms with Gasteiger partial charge >= 0.3 is 0 Å². The Hall–Kier alpha value is -2.87. The Morgan fingerprint density at radius 1 is 0.931 bits per heavy atom. The van der Waals surface area contributed by atoms with Crippen LogP contribution in [-0.2, 0) is 23.1 Å². The minimum Gasteiger partial charge on any atom is -0.454 e. The molecule has 0 fully saturated rings. The molecule has 0 saturated heterocycles. The van der Waals surface area contributed by atoms with E-state index in [4.69, 9.17) is 9.88 Å². The van der Waals surface area contributed by atoms with Crippen LogP contribution < -0.4 is 15.2 Å². The van der Waals surface area contributed by atoms with Crippen LogP contribution in [0.25, 0.3) is 0 Å². The fraction of sp³-hybridized carbons (Fsp3) is 0.182. The van der Waals surface area contributed by atoms with Crippen LogP contribution in [-0.4, -0.2) is 27.4 Å². The van der Waals surface area contributed by atoms with Crippen molar-refractivity contribution in [2.45, 2.75) is 18.0 Å². The SMILES string of the molecule is CN(C)Cc1cc(NCc2ccccc2)c(Oc2ccccc2)c(S(N)(=O)=O)c1. The molecule has 3 rings (SSSR count). The Morgan fingerprint density at radius 3 is 2.14 bits per heavy atom. The third-order valence-corrected chi connectivity index (χ3v) is 5.13. The lowest BCUT2D eigenvalue weighted by molar-refractivity contribution is 0.401. The number of hydrogen-bond acceptors (Lipinski definition) is 5. The Morgan fingerprint density at radius 2 is 1.55 bits per heavy atom. The zero-order chi connectivity index (χ0) is 20.9. The Bertz CT molecular complexity index is 1050. The van der Waals surface area contributed by atoms with Gasteiger partial charge in [-0.3, -0.25) is 0 Å². The van der Waals surface area contributed by atoms with Gasteiger partial charge in [-0.1, -0.05) is 48.5 Å². The summed E-state index contributed by atoms with van der Waals surface area (Å²) in [7, 11) is -0.163. The summed E-state index contributed by atoms with van der Waals surface area (Å²) in [5.41, 5.74) is 2.45. The first kappa shape index (κ1) is 20.9. The summed E-state index contributed by atoms with van der Waals surface area (Å²) in [6.07, 6.45) is 0. The van der Waals surface area contributed by atoms with Crippen molar-refractivity contribution in [1.82, 2.24) is 4.90 Å². The number of anilines is 1. The molecular weight excluding hydrogens is 386 g/mol. The molecule has 6 nitrogen and oxygen atoms in total. The van der Waals surface area contributed by atoms with E-state index in [-0.39, 0.29) is 10.6 Å². The van der Waals surface area contributed by atoms with Gasteiger partial charge in [0.05, 0.1) is 5.69 Å². The van der Waals surface area contributed by atoms with Gasteiger partial charge in [0.15, 0.2) is 5.75 Å². The van der Waals surface area contributed by atoms with Gasteiger partial charge in [-0.05, 0) is 49.5 Å². The van der Waals surface area contributed by atoms with Crippen LogP contribution in [0.5, 0.6) is 11.5 Å². The van der Waals surface area contributed by atoms with Gasteiger partial charge < -0.3 is 15.0 Å². The summed E-state index contributed by atoms with van der Waals surface area (Å²) in [6, 6.07) is 22.4. The molecule has 0 unspecified atom stereocenters. The van der Waals surface area contributed by atoms with Gasteiger partial charge in [-0.15, -0.1) is 0 Å². The van der Waals surface area contributed by atoms with Crippen molar-refractivity contribution in [3.8, 4) is 11.5 Å². The molecule has 152 valence electrons. The standard InChI is InChI=1S/C22H25N3O3S/c1-25(2)16-18-13-20(24-15-17-9-5-3-6-10-17)22(21(14-18)29(23,26)27)28-19-11-7-4-8-12-19/h3-14,24H,15-16H2,1-2H3,(H2,23,26,27). The van der Waals surface area contributed by atoms with Crippen molar-refractivity contribution in [2.24, 2.45) is 5.14 Å². The summed E-state index contributed by atoms with van der Waals surface area (Å²) < 4.78 is 30.7. The van der Waals surface area contributed by atoms with E-state index in [1.54, 1.807) is 18.2 Å². The predicted octanol–water partition coefficient (Wildman–Crippen LogP) is 3.80. The second-order valence-electron chi connectivity index (χ2n) is 7.01. The van der Waals surface area contributed by atoms with Gasteiger partial charge in [-0.2, -0.15) is 0 Å². The molecule has 0 aliphatic heterocycles. The first-order chi connectivity index (χ1) is 13.8. The summed E-state index contributed by atoms with van der Waals surface area (Å²) in [6.45, 7) is 1.08. The van der Waals surface area contributed by atoms with Crippen LogP contribution in [0, 0.1) is 0 Å². The number of nitrogens with one attached hydrogen (secondary N) is 1. The van der Waals surface area contributed by atoms with Crippen LogP contribution in [0.3, 0.4) is 0 Å². The van der Waals surface area contributed by atoms with Crippen molar-refractivity contribution in [2.75, 3.05) is 19.4 Å². The monoisotopic (exact) mass is 411 g/mol. The molecule has 0 aliphatic carbocycles. The molecule has 0 atom stereocenters. The molecular formula is C22H25N3O3S. The highest BCUT2D eigenvalue weighted by atomic mass is 32.2. The van der Waals surface area contributed by atoms with Gasteiger partial charge in [0.1, 0.15) is 10.6 Å². The molecule has 0 aromatic heterocycles. The number of sulfonamides is 1. The number of nitrogens with zero attached hydrogens (tertiary/aromatic N) is 1. The van der Waals surface area contributed by atoms with Crippen molar-refractivity contribution in [3.63, 3.8) is 0 Å². The van der Waals surface area contributed by atoms with Gasteiger partial charge in [0, 0.05) is 13.1 Å². The number of para-hydroxylation sites is 1. The van der Waals surface area contributed by atoms with E-state index in [9.17, 15) is 8.42 Å². The van der Waals surface area contributed by atoms with Gasteiger partial charge in [-0.25, -0.2) is 13.6 Å². The zero-order valence-corrected chi connectivity index (χ0v) is 17.3. The Labute approximate surface area is 172 Å². The number of ether oxygens (including phenoxy) is 1. The Balaban J connectivity index is 2.07. The summed E-state index contributed by atoms with van der Waals surface area (Å²) in [5, 5.41) is 8.85. The maximum absolute atomic E-state index is 12.4. The normalized spacial score (nSPS) is 11.4. The van der Waals surface area contributed by atoms with Crippen molar-refractivity contribution < 1.29 is 13.2 Å². The van der Waals surface area contributed by atoms with E-state index in [2.05, 4.69) is 5.32 Å². The van der Waals surface area contributed by atoms with E-state index in [0.717, 1.165) is 11.1 Å². The topological polar surface area (TPSA) is 84.7 Å². The molecule has 0 aliphatic rings. The average Bonchev–Trinajstić information content (AvgIpc) is 2.68. The highest BCUT2D eigenvalue weighted by Crippen LogP contribution is 2.37. The summed E-state index contributed by atoms with van der Waals surface area (Å²) in [4.78, 5) is 1.91. The molecule has 0 bridgehead atoms. The van der Waals surface area contributed by atoms with Crippen molar-refractivity contribution >= 4 is 15.7 Å². The van der Waals surface area contributed by atoms with E-state index in [1.165, 1.54) is 0 Å². The van der Waals surface area contributed by atoms with Gasteiger partial charge in [0.2, 0.25) is 10.0 Å². The fourth-order valence-corrected chi connectivity index (χ4v) is 3.69. The number of hydrogen-bond donors (Lipinski definition) is 2. The molecule has 0 radical (unpaired) electrons. The van der Waals surface area contributed by atoms with Crippen LogP contribution in [0.15, 0.2) is 77.7 Å². The third kappa shape index (κ3) is 5.80. The summed E-state index contributed by atoms with van der Waals surface area (Å²) in [5.74, 6) is 0.720. The van der Waals surface area contributed by atoms with Crippen LogP contribution >= 0.6 is 0 Å². The van der Waals surface area contributed by atoms with Crippen molar-refractivity contribution in [3.05, 3.63) is 83.9 Å². The smallest absolute Gasteiger partial charge is 0.241 e. The second-order valence-corrected chi connectivity index (χ2v) is 8.54. The molecule has 0 amide bonds. The minimum absolute atomic E-state index is 0.0451.